The second-order valence-corrected chi connectivity index (χ2v) is 20.8. The fraction of sp³-hybridized carbons (Fsp3) is 0. The molecule has 10 aromatic carbocycles. The molecule has 0 spiro atoms. The van der Waals surface area contributed by atoms with Gasteiger partial charge in [-0.05, 0) is 99.7 Å². The first-order valence-electron chi connectivity index (χ1n) is 22.3. The summed E-state index contributed by atoms with van der Waals surface area (Å²) in [6.07, 6.45) is 0. The molecule has 0 amide bonds. The Labute approximate surface area is 379 Å². The summed E-state index contributed by atoms with van der Waals surface area (Å²) in [5, 5.41) is 5.44. The second-order valence-electron chi connectivity index (χ2n) is 17.2. The van der Waals surface area contributed by atoms with Crippen LogP contribution >= 0.6 is 0 Å². The maximum Gasteiger partial charge on any atom is 0.194 e. The van der Waals surface area contributed by atoms with Crippen LogP contribution in [-0.2, 0) is 0 Å². The summed E-state index contributed by atoms with van der Waals surface area (Å²) >= 11 is 0. The third-order valence-corrected chi connectivity index (χ3v) is 18.8. The molecule has 0 N–H and O–H groups in total. The van der Waals surface area contributed by atoms with Gasteiger partial charge in [-0.25, -0.2) is 0 Å². The van der Waals surface area contributed by atoms with Crippen LogP contribution in [0.4, 0.5) is 51.2 Å². The highest BCUT2D eigenvalue weighted by Crippen LogP contribution is 2.61. The Bertz CT molecular complexity index is 3470. The first kappa shape index (κ1) is 36.1. The summed E-state index contributed by atoms with van der Waals surface area (Å²) in [5.41, 5.74) is 17.2. The fourth-order valence-electron chi connectivity index (χ4n) is 11.3. The molecule has 0 saturated heterocycles. The predicted molar refractivity (Wildman–Crippen MR) is 271 cm³/mol. The molecule has 4 aliphatic rings. The van der Waals surface area contributed by atoms with Gasteiger partial charge in [-0.15, -0.1) is 0 Å². The molecule has 1 atom stereocenters. The molecule has 4 heterocycles. The minimum Gasteiger partial charge on any atom is -0.452 e. The van der Waals surface area contributed by atoms with E-state index in [1.54, 1.807) is 0 Å². The van der Waals surface area contributed by atoms with Crippen molar-refractivity contribution in [1.82, 2.24) is 0 Å². The Morgan fingerprint density at radius 1 is 0.308 bits per heavy atom. The van der Waals surface area contributed by atoms with Crippen LogP contribution in [0, 0.1) is 0 Å². The molecule has 0 saturated carbocycles. The number of anilines is 9. The molecule has 10 aromatic rings. The zero-order chi connectivity index (χ0) is 42.6. The van der Waals surface area contributed by atoms with Crippen LogP contribution in [0.1, 0.15) is 0 Å². The minimum absolute atomic E-state index is 0.838. The van der Waals surface area contributed by atoms with Crippen molar-refractivity contribution in [1.29, 1.82) is 0 Å². The molecule has 4 nitrogen and oxygen atoms in total. The van der Waals surface area contributed by atoms with Gasteiger partial charge in [0.2, 0.25) is 0 Å². The first-order chi connectivity index (χ1) is 32.3. The van der Waals surface area contributed by atoms with Gasteiger partial charge in [0, 0.05) is 60.9 Å². The third-order valence-electron chi connectivity index (χ3n) is 13.8. The van der Waals surface area contributed by atoms with Crippen molar-refractivity contribution in [3.63, 3.8) is 0 Å². The summed E-state index contributed by atoms with van der Waals surface area (Å²) in [7, 11) is -3.33. The van der Waals surface area contributed by atoms with Gasteiger partial charge in [0.25, 0.3) is 0 Å². The maximum atomic E-state index is 7.39. The standard InChI is InChI=1S/C60H39N3OSi/c1-7-21-40(22-8-1)43-35-50-58-51(36-43)62(46-29-15-5-16-30-46)54-39-48(42-25-11-3-12-26-42)57-56-60(54)65(58,47-31-17-6-18-32-47)59-52(61(50)45-27-13-4-14-28-45)37-44(41-23-9-2-10-24-41)38-53(59)63(56)49-33-19-20-34-55(49)64-57/h1-39H. The molecule has 4 aliphatic heterocycles. The molecule has 304 valence electrons. The fourth-order valence-corrected chi connectivity index (χ4v) is 17.0. The van der Waals surface area contributed by atoms with E-state index in [-0.39, 0.29) is 0 Å². The van der Waals surface area contributed by atoms with Crippen LogP contribution in [0.5, 0.6) is 11.5 Å². The van der Waals surface area contributed by atoms with Crippen molar-refractivity contribution in [2.75, 3.05) is 14.7 Å². The molecule has 0 radical (unpaired) electrons. The Balaban J connectivity index is 1.26. The lowest BCUT2D eigenvalue weighted by atomic mass is 9.95. The molecule has 0 fully saturated rings. The lowest BCUT2D eigenvalue weighted by molar-refractivity contribution is 0.479. The molecule has 5 heteroatoms. The molecular formula is C60H39N3OSi. The van der Waals surface area contributed by atoms with Crippen LogP contribution in [0.15, 0.2) is 237 Å². The number of nitrogens with zero attached hydrogens (tertiary/aromatic N) is 3. The molecule has 1 unspecified atom stereocenters. The topological polar surface area (TPSA) is 19.0 Å². The van der Waals surface area contributed by atoms with Gasteiger partial charge in [0.1, 0.15) is 0 Å². The number of fused-ring (bicyclic) bond motifs is 3. The van der Waals surface area contributed by atoms with E-state index >= 15 is 0 Å². The SMILES string of the molecule is c1ccc(-c2cc3c4c(c2)N(c2ccccc2)c2cc(-c5ccccc5)c5c6c2[Si]4(c2ccccc2)c2c(cc(-c4ccccc4)cc2N6c2ccccc2O5)N3c2ccccc2)cc1. The van der Waals surface area contributed by atoms with E-state index in [0.717, 1.165) is 50.9 Å². The van der Waals surface area contributed by atoms with Crippen molar-refractivity contribution in [2.45, 2.75) is 0 Å². The van der Waals surface area contributed by atoms with E-state index in [4.69, 9.17) is 4.74 Å². The van der Waals surface area contributed by atoms with E-state index in [2.05, 4.69) is 251 Å². The van der Waals surface area contributed by atoms with Crippen LogP contribution < -0.4 is 40.2 Å². The lowest BCUT2D eigenvalue weighted by Gasteiger charge is -2.56. The second kappa shape index (κ2) is 13.8. The minimum atomic E-state index is -3.33. The Hall–Kier alpha value is -8.38. The van der Waals surface area contributed by atoms with Crippen LogP contribution in [0.2, 0.25) is 0 Å². The normalized spacial score (nSPS) is 15.5. The van der Waals surface area contributed by atoms with E-state index in [0.29, 0.717) is 0 Å². The van der Waals surface area contributed by atoms with Gasteiger partial charge < -0.3 is 19.4 Å². The average molecular weight is 846 g/mol. The molecule has 14 rings (SSSR count). The molecule has 0 aromatic heterocycles. The van der Waals surface area contributed by atoms with Crippen LogP contribution in [0.25, 0.3) is 33.4 Å². The number of para-hydroxylation sites is 4. The zero-order valence-corrected chi connectivity index (χ0v) is 36.3. The number of hydrogen-bond donors (Lipinski definition) is 0. The monoisotopic (exact) mass is 845 g/mol. The summed E-state index contributed by atoms with van der Waals surface area (Å²) in [6.45, 7) is 0. The van der Waals surface area contributed by atoms with Crippen molar-refractivity contribution < 1.29 is 4.74 Å². The van der Waals surface area contributed by atoms with Gasteiger partial charge in [-0.3, -0.25) is 0 Å². The molecule has 65 heavy (non-hydrogen) atoms. The maximum absolute atomic E-state index is 7.39. The Morgan fingerprint density at radius 2 is 0.708 bits per heavy atom. The van der Waals surface area contributed by atoms with Crippen molar-refractivity contribution in [3.8, 4) is 44.9 Å². The number of hydrogen-bond acceptors (Lipinski definition) is 4. The summed E-state index contributed by atoms with van der Waals surface area (Å²) < 4.78 is 7.39. The summed E-state index contributed by atoms with van der Waals surface area (Å²) in [5.74, 6) is 1.73. The lowest BCUT2D eigenvalue weighted by Crippen LogP contribution is -2.81. The van der Waals surface area contributed by atoms with Crippen LogP contribution in [0.3, 0.4) is 0 Å². The smallest absolute Gasteiger partial charge is 0.194 e. The number of benzene rings is 10. The third kappa shape index (κ3) is 5.01. The summed E-state index contributed by atoms with van der Waals surface area (Å²) in [4.78, 5) is 7.72. The van der Waals surface area contributed by atoms with Gasteiger partial charge in [-0.2, -0.15) is 0 Å². The van der Waals surface area contributed by atoms with Crippen LogP contribution in [-0.4, -0.2) is 8.07 Å². The molecule has 0 aliphatic carbocycles. The van der Waals surface area contributed by atoms with Gasteiger partial charge in [0.05, 0.1) is 11.4 Å². The van der Waals surface area contributed by atoms with Gasteiger partial charge in [-0.1, -0.05) is 170 Å². The van der Waals surface area contributed by atoms with Gasteiger partial charge in [0.15, 0.2) is 19.6 Å². The van der Waals surface area contributed by atoms with Crippen molar-refractivity contribution >= 4 is 80.0 Å². The van der Waals surface area contributed by atoms with Gasteiger partial charge >= 0.3 is 0 Å². The van der Waals surface area contributed by atoms with Crippen molar-refractivity contribution in [2.24, 2.45) is 0 Å². The Morgan fingerprint density at radius 3 is 1.22 bits per heavy atom. The number of rotatable bonds is 6. The predicted octanol–water partition coefficient (Wildman–Crippen LogP) is 13.5. The highest BCUT2D eigenvalue weighted by Gasteiger charge is 2.61. The zero-order valence-electron chi connectivity index (χ0n) is 35.3. The highest BCUT2D eigenvalue weighted by molar-refractivity contribution is 7.24. The van der Waals surface area contributed by atoms with E-state index < -0.39 is 8.07 Å². The van der Waals surface area contributed by atoms with E-state index in [9.17, 15) is 0 Å². The molecule has 0 bridgehead atoms. The molecular weight excluding hydrogens is 807 g/mol. The number of ether oxygens (including phenoxy) is 1. The largest absolute Gasteiger partial charge is 0.452 e. The first-order valence-corrected chi connectivity index (χ1v) is 24.3. The average Bonchev–Trinajstić information content (AvgIpc) is 3.38. The quantitative estimate of drug-likeness (QED) is 0.155. The highest BCUT2D eigenvalue weighted by atomic mass is 28.3. The summed E-state index contributed by atoms with van der Waals surface area (Å²) in [6, 6.07) is 87.1. The van der Waals surface area contributed by atoms with E-state index in [1.807, 2.05) is 0 Å². The Kier molecular flexibility index (Phi) is 7.68. The van der Waals surface area contributed by atoms with Crippen molar-refractivity contribution in [3.05, 3.63) is 237 Å². The van der Waals surface area contributed by atoms with E-state index in [1.165, 1.54) is 65.9 Å².